The Morgan fingerprint density at radius 3 is 2.61 bits per heavy atom. The summed E-state index contributed by atoms with van der Waals surface area (Å²) in [6.45, 7) is 2.13. The normalized spacial score (nSPS) is 12.1. The number of benzene rings is 2. The summed E-state index contributed by atoms with van der Waals surface area (Å²) < 4.78 is 14.1. The smallest absolute Gasteiger partial charge is 0.303 e. The maximum Gasteiger partial charge on any atom is 0.303 e. The van der Waals surface area contributed by atoms with E-state index in [1.165, 1.54) is 0 Å². The summed E-state index contributed by atoms with van der Waals surface area (Å²) in [6, 6.07) is 15.2. The molecule has 2 rings (SSSR count). The second-order valence-corrected chi connectivity index (χ2v) is 5.75. The Balaban J connectivity index is 2.01. The molecule has 3 nitrogen and oxygen atoms in total. The van der Waals surface area contributed by atoms with Crippen LogP contribution in [0, 0.1) is 12.7 Å². The number of aryl methyl sites for hydroxylation is 1. The quantitative estimate of drug-likeness (QED) is 0.781. The molecule has 0 radical (unpaired) electrons. The molecule has 23 heavy (non-hydrogen) atoms. The van der Waals surface area contributed by atoms with Gasteiger partial charge < -0.3 is 10.4 Å². The number of halogens is 1. The summed E-state index contributed by atoms with van der Waals surface area (Å²) in [5.41, 5.74) is 2.37. The zero-order valence-electron chi connectivity index (χ0n) is 13.3. The van der Waals surface area contributed by atoms with Crippen molar-refractivity contribution >= 4 is 5.97 Å². The molecule has 0 fully saturated rings. The first kappa shape index (κ1) is 17.2. The van der Waals surface area contributed by atoms with Gasteiger partial charge in [-0.3, -0.25) is 4.79 Å². The van der Waals surface area contributed by atoms with Gasteiger partial charge in [-0.05, 0) is 30.9 Å². The first-order valence-corrected chi connectivity index (χ1v) is 7.79. The van der Waals surface area contributed by atoms with E-state index in [0.717, 1.165) is 12.0 Å². The number of nitrogens with one attached hydrogen (secondary N) is 1. The van der Waals surface area contributed by atoms with E-state index in [1.54, 1.807) is 19.1 Å². The average molecular weight is 315 g/mol. The fourth-order valence-corrected chi connectivity index (χ4v) is 2.57. The number of carbonyl (C=O) groups is 1. The predicted octanol–water partition coefficient (Wildman–Crippen LogP) is 3.70. The number of rotatable bonds is 8. The first-order valence-electron chi connectivity index (χ1n) is 7.79. The lowest BCUT2D eigenvalue weighted by Crippen LogP contribution is -2.31. The SMILES string of the molecule is Cc1cccc(CNC(CCC(=O)O)Cc2ccccc2)c1F. The zero-order valence-corrected chi connectivity index (χ0v) is 13.3. The lowest BCUT2D eigenvalue weighted by Gasteiger charge is -2.19. The molecule has 0 heterocycles. The summed E-state index contributed by atoms with van der Waals surface area (Å²) in [7, 11) is 0. The van der Waals surface area contributed by atoms with E-state index in [-0.39, 0.29) is 18.3 Å². The molecule has 0 aliphatic heterocycles. The molecule has 0 bridgehead atoms. The van der Waals surface area contributed by atoms with Crippen molar-refractivity contribution in [1.29, 1.82) is 0 Å². The Kier molecular flexibility index (Phi) is 6.29. The van der Waals surface area contributed by atoms with Crippen LogP contribution < -0.4 is 5.32 Å². The average Bonchev–Trinajstić information content (AvgIpc) is 2.54. The summed E-state index contributed by atoms with van der Waals surface area (Å²) in [4.78, 5) is 10.8. The van der Waals surface area contributed by atoms with Gasteiger partial charge in [0.05, 0.1) is 0 Å². The Morgan fingerprint density at radius 1 is 1.17 bits per heavy atom. The van der Waals surface area contributed by atoms with Crippen LogP contribution in [-0.2, 0) is 17.8 Å². The fourth-order valence-electron chi connectivity index (χ4n) is 2.57. The third-order valence-electron chi connectivity index (χ3n) is 3.88. The van der Waals surface area contributed by atoms with Gasteiger partial charge in [0, 0.05) is 24.6 Å². The highest BCUT2D eigenvalue weighted by atomic mass is 19.1. The fraction of sp³-hybridized carbons (Fsp3) is 0.316. The Hall–Kier alpha value is -2.20. The summed E-state index contributed by atoms with van der Waals surface area (Å²) in [5.74, 6) is -1.01. The van der Waals surface area contributed by atoms with E-state index in [2.05, 4.69) is 5.32 Å². The number of aliphatic carboxylic acids is 1. The van der Waals surface area contributed by atoms with E-state index in [0.29, 0.717) is 24.1 Å². The minimum atomic E-state index is -0.813. The van der Waals surface area contributed by atoms with Crippen molar-refractivity contribution in [3.63, 3.8) is 0 Å². The molecule has 0 aromatic heterocycles. The van der Waals surface area contributed by atoms with Crippen LogP contribution in [0.3, 0.4) is 0 Å². The molecule has 0 aliphatic carbocycles. The number of hydrogen-bond donors (Lipinski definition) is 2. The van der Waals surface area contributed by atoms with Crippen LogP contribution in [0.2, 0.25) is 0 Å². The van der Waals surface area contributed by atoms with E-state index in [9.17, 15) is 9.18 Å². The van der Waals surface area contributed by atoms with Gasteiger partial charge in [0.25, 0.3) is 0 Å². The predicted molar refractivity (Wildman–Crippen MR) is 88.8 cm³/mol. The molecular formula is C19H22FNO2. The second-order valence-electron chi connectivity index (χ2n) is 5.75. The van der Waals surface area contributed by atoms with Crippen LogP contribution in [0.4, 0.5) is 4.39 Å². The van der Waals surface area contributed by atoms with E-state index >= 15 is 0 Å². The van der Waals surface area contributed by atoms with Gasteiger partial charge in [-0.15, -0.1) is 0 Å². The Labute approximate surface area is 136 Å². The van der Waals surface area contributed by atoms with Crippen LogP contribution >= 0.6 is 0 Å². The number of hydrogen-bond acceptors (Lipinski definition) is 2. The van der Waals surface area contributed by atoms with E-state index < -0.39 is 5.97 Å². The van der Waals surface area contributed by atoms with Crippen molar-refractivity contribution in [2.75, 3.05) is 0 Å². The minimum Gasteiger partial charge on any atom is -0.481 e. The molecule has 0 saturated heterocycles. The molecule has 2 aromatic carbocycles. The van der Waals surface area contributed by atoms with Crippen molar-refractivity contribution in [1.82, 2.24) is 5.32 Å². The Bertz CT molecular complexity index is 643. The molecule has 2 aromatic rings. The van der Waals surface area contributed by atoms with Crippen molar-refractivity contribution < 1.29 is 14.3 Å². The highest BCUT2D eigenvalue weighted by Gasteiger charge is 2.13. The van der Waals surface area contributed by atoms with E-state index in [4.69, 9.17) is 5.11 Å². The molecule has 4 heteroatoms. The maximum absolute atomic E-state index is 14.1. The van der Waals surface area contributed by atoms with Crippen molar-refractivity contribution in [3.8, 4) is 0 Å². The lowest BCUT2D eigenvalue weighted by molar-refractivity contribution is -0.137. The minimum absolute atomic E-state index is 0.00610. The van der Waals surface area contributed by atoms with Crippen LogP contribution in [0.5, 0.6) is 0 Å². The maximum atomic E-state index is 14.1. The molecule has 0 spiro atoms. The lowest BCUT2D eigenvalue weighted by atomic mass is 10.0. The number of carboxylic acid groups (broad SMARTS) is 1. The van der Waals surface area contributed by atoms with Crippen molar-refractivity contribution in [2.45, 2.75) is 38.8 Å². The van der Waals surface area contributed by atoms with Gasteiger partial charge in [0.15, 0.2) is 0 Å². The summed E-state index contributed by atoms with van der Waals surface area (Å²) in [6.07, 6.45) is 1.33. The van der Waals surface area contributed by atoms with Crippen molar-refractivity contribution in [2.24, 2.45) is 0 Å². The van der Waals surface area contributed by atoms with Gasteiger partial charge >= 0.3 is 5.97 Å². The topological polar surface area (TPSA) is 49.3 Å². The molecule has 0 saturated carbocycles. The van der Waals surface area contributed by atoms with Gasteiger partial charge in [-0.2, -0.15) is 0 Å². The van der Waals surface area contributed by atoms with Crippen LogP contribution in [0.15, 0.2) is 48.5 Å². The molecular weight excluding hydrogens is 293 g/mol. The second kappa shape index (κ2) is 8.44. The summed E-state index contributed by atoms with van der Waals surface area (Å²) in [5, 5.41) is 12.2. The number of carboxylic acids is 1. The monoisotopic (exact) mass is 315 g/mol. The summed E-state index contributed by atoms with van der Waals surface area (Å²) >= 11 is 0. The Morgan fingerprint density at radius 2 is 1.91 bits per heavy atom. The van der Waals surface area contributed by atoms with Crippen LogP contribution in [-0.4, -0.2) is 17.1 Å². The van der Waals surface area contributed by atoms with Crippen LogP contribution in [0.25, 0.3) is 0 Å². The molecule has 122 valence electrons. The standard InChI is InChI=1S/C19H22FNO2/c1-14-6-5-9-16(19(14)20)13-21-17(10-11-18(22)23)12-15-7-3-2-4-8-15/h2-9,17,21H,10-13H2,1H3,(H,22,23). The van der Waals surface area contributed by atoms with Gasteiger partial charge in [0.2, 0.25) is 0 Å². The molecule has 0 aliphatic rings. The largest absolute Gasteiger partial charge is 0.481 e. The third-order valence-corrected chi connectivity index (χ3v) is 3.88. The van der Waals surface area contributed by atoms with E-state index in [1.807, 2.05) is 36.4 Å². The molecule has 1 atom stereocenters. The van der Waals surface area contributed by atoms with Gasteiger partial charge in [-0.1, -0.05) is 48.5 Å². The zero-order chi connectivity index (χ0) is 16.7. The van der Waals surface area contributed by atoms with Gasteiger partial charge in [-0.25, -0.2) is 4.39 Å². The molecule has 1 unspecified atom stereocenters. The molecule has 0 amide bonds. The molecule has 2 N–H and O–H groups in total. The van der Waals surface area contributed by atoms with Crippen LogP contribution in [0.1, 0.15) is 29.5 Å². The third kappa shape index (κ3) is 5.49. The van der Waals surface area contributed by atoms with Crippen molar-refractivity contribution in [3.05, 3.63) is 71.0 Å². The highest BCUT2D eigenvalue weighted by molar-refractivity contribution is 5.66. The highest BCUT2D eigenvalue weighted by Crippen LogP contribution is 2.13. The first-order chi connectivity index (χ1) is 11.1. The van der Waals surface area contributed by atoms with Gasteiger partial charge in [0.1, 0.15) is 5.82 Å².